The van der Waals surface area contributed by atoms with E-state index >= 15 is 0 Å². The summed E-state index contributed by atoms with van der Waals surface area (Å²) in [6.45, 7) is 7.93. The van der Waals surface area contributed by atoms with Gasteiger partial charge in [-0.25, -0.2) is 0 Å². The SMILES string of the molecule is CCCCCCc1ccc([C@@H]2CO[C@@H](c3ccc(C(C)C)cc3)CO2)cc1. The molecular weight excluding hydrogens is 332 g/mol. The Morgan fingerprint density at radius 3 is 1.81 bits per heavy atom. The Labute approximate surface area is 164 Å². The van der Waals surface area contributed by atoms with Gasteiger partial charge in [0.05, 0.1) is 13.2 Å². The molecule has 1 fully saturated rings. The maximum Gasteiger partial charge on any atom is 0.106 e. The minimum Gasteiger partial charge on any atom is -0.368 e. The first-order valence-electron chi connectivity index (χ1n) is 10.6. The van der Waals surface area contributed by atoms with Gasteiger partial charge in [0.15, 0.2) is 0 Å². The van der Waals surface area contributed by atoms with E-state index in [1.165, 1.54) is 54.4 Å². The van der Waals surface area contributed by atoms with E-state index in [0.717, 1.165) is 0 Å². The molecule has 3 rings (SSSR count). The van der Waals surface area contributed by atoms with Crippen LogP contribution >= 0.6 is 0 Å². The van der Waals surface area contributed by atoms with Gasteiger partial charge in [-0.05, 0) is 41.0 Å². The van der Waals surface area contributed by atoms with E-state index in [4.69, 9.17) is 9.47 Å². The highest BCUT2D eigenvalue weighted by atomic mass is 16.6. The van der Waals surface area contributed by atoms with Gasteiger partial charge < -0.3 is 9.47 Å². The second kappa shape index (κ2) is 10.1. The zero-order valence-corrected chi connectivity index (χ0v) is 17.1. The Morgan fingerprint density at radius 1 is 0.778 bits per heavy atom. The fraction of sp³-hybridized carbons (Fsp3) is 0.520. The summed E-state index contributed by atoms with van der Waals surface area (Å²) in [6.07, 6.45) is 6.51. The minimum absolute atomic E-state index is 0.0419. The van der Waals surface area contributed by atoms with Crippen molar-refractivity contribution in [2.75, 3.05) is 13.2 Å². The Balaban J connectivity index is 1.50. The highest BCUT2D eigenvalue weighted by molar-refractivity contribution is 5.27. The van der Waals surface area contributed by atoms with Crippen molar-refractivity contribution < 1.29 is 9.47 Å². The molecular formula is C25H34O2. The molecule has 0 N–H and O–H groups in total. The normalized spacial score (nSPS) is 20.1. The minimum atomic E-state index is 0.0419. The van der Waals surface area contributed by atoms with Gasteiger partial charge in [0, 0.05) is 0 Å². The smallest absolute Gasteiger partial charge is 0.106 e. The van der Waals surface area contributed by atoms with Crippen LogP contribution in [-0.4, -0.2) is 13.2 Å². The van der Waals surface area contributed by atoms with Crippen molar-refractivity contribution in [1.82, 2.24) is 0 Å². The van der Waals surface area contributed by atoms with Crippen molar-refractivity contribution in [1.29, 1.82) is 0 Å². The van der Waals surface area contributed by atoms with Gasteiger partial charge >= 0.3 is 0 Å². The van der Waals surface area contributed by atoms with Crippen LogP contribution in [-0.2, 0) is 15.9 Å². The number of hydrogen-bond acceptors (Lipinski definition) is 2. The molecule has 0 bridgehead atoms. The van der Waals surface area contributed by atoms with Gasteiger partial charge in [0.2, 0.25) is 0 Å². The Morgan fingerprint density at radius 2 is 1.33 bits per heavy atom. The molecule has 146 valence electrons. The van der Waals surface area contributed by atoms with Crippen LogP contribution in [0.4, 0.5) is 0 Å². The van der Waals surface area contributed by atoms with E-state index in [1.54, 1.807) is 0 Å². The third-order valence-electron chi connectivity index (χ3n) is 5.54. The van der Waals surface area contributed by atoms with Gasteiger partial charge in [0.1, 0.15) is 12.2 Å². The molecule has 0 amide bonds. The van der Waals surface area contributed by atoms with Gasteiger partial charge in [-0.2, -0.15) is 0 Å². The second-order valence-corrected chi connectivity index (χ2v) is 8.02. The number of benzene rings is 2. The van der Waals surface area contributed by atoms with E-state index in [2.05, 4.69) is 69.3 Å². The number of aryl methyl sites for hydroxylation is 1. The first-order valence-corrected chi connectivity index (χ1v) is 10.6. The van der Waals surface area contributed by atoms with Crippen LogP contribution in [0.15, 0.2) is 48.5 Å². The lowest BCUT2D eigenvalue weighted by molar-refractivity contribution is -0.137. The van der Waals surface area contributed by atoms with Crippen LogP contribution in [0.25, 0.3) is 0 Å². The second-order valence-electron chi connectivity index (χ2n) is 8.02. The standard InChI is InChI=1S/C25H34O2/c1-4-5-6-7-8-20-9-11-22(12-10-20)24-17-27-25(18-26-24)23-15-13-21(14-16-23)19(2)3/h9-16,19,24-25H,4-8,17-18H2,1-3H3/t24-,25+/m0/s1. The lowest BCUT2D eigenvalue weighted by atomic mass is 9.99. The summed E-state index contributed by atoms with van der Waals surface area (Å²) in [5, 5.41) is 0. The molecule has 2 nitrogen and oxygen atoms in total. The van der Waals surface area contributed by atoms with E-state index in [0.29, 0.717) is 19.1 Å². The zero-order chi connectivity index (χ0) is 19.1. The summed E-state index contributed by atoms with van der Waals surface area (Å²) in [5.41, 5.74) is 5.22. The average Bonchev–Trinajstić information content (AvgIpc) is 2.72. The predicted octanol–water partition coefficient (Wildman–Crippen LogP) is 6.76. The monoisotopic (exact) mass is 366 g/mol. The summed E-state index contributed by atoms with van der Waals surface area (Å²) in [7, 11) is 0. The van der Waals surface area contributed by atoms with E-state index in [1.807, 2.05) is 0 Å². The molecule has 2 aromatic rings. The molecule has 1 aliphatic rings. The molecule has 2 heteroatoms. The molecule has 0 unspecified atom stereocenters. The number of hydrogen-bond donors (Lipinski definition) is 0. The van der Waals surface area contributed by atoms with Crippen molar-refractivity contribution in [2.24, 2.45) is 0 Å². The van der Waals surface area contributed by atoms with Crippen molar-refractivity contribution in [3.8, 4) is 0 Å². The summed E-state index contributed by atoms with van der Waals surface area (Å²) >= 11 is 0. The highest BCUT2D eigenvalue weighted by Gasteiger charge is 2.24. The van der Waals surface area contributed by atoms with Crippen molar-refractivity contribution in [3.63, 3.8) is 0 Å². The average molecular weight is 367 g/mol. The van der Waals surface area contributed by atoms with E-state index < -0.39 is 0 Å². The molecule has 27 heavy (non-hydrogen) atoms. The van der Waals surface area contributed by atoms with Crippen molar-refractivity contribution in [2.45, 2.75) is 71.0 Å². The molecule has 2 aromatic carbocycles. The van der Waals surface area contributed by atoms with Crippen LogP contribution in [0.2, 0.25) is 0 Å². The fourth-order valence-corrected chi connectivity index (χ4v) is 3.64. The predicted molar refractivity (Wildman–Crippen MR) is 112 cm³/mol. The van der Waals surface area contributed by atoms with E-state index in [-0.39, 0.29) is 12.2 Å². The van der Waals surface area contributed by atoms with Crippen molar-refractivity contribution in [3.05, 3.63) is 70.8 Å². The van der Waals surface area contributed by atoms with Crippen molar-refractivity contribution >= 4 is 0 Å². The first-order chi connectivity index (χ1) is 13.2. The molecule has 0 spiro atoms. The Kier molecular flexibility index (Phi) is 7.49. The zero-order valence-electron chi connectivity index (χ0n) is 17.1. The molecule has 1 saturated heterocycles. The Bertz CT molecular complexity index is 664. The third kappa shape index (κ3) is 5.67. The molecule has 0 saturated carbocycles. The van der Waals surface area contributed by atoms with Gasteiger partial charge in [-0.1, -0.05) is 88.6 Å². The van der Waals surface area contributed by atoms with Crippen LogP contribution in [0.3, 0.4) is 0 Å². The maximum atomic E-state index is 6.14. The summed E-state index contributed by atoms with van der Waals surface area (Å²) < 4.78 is 12.3. The summed E-state index contributed by atoms with van der Waals surface area (Å²) in [6, 6.07) is 17.7. The highest BCUT2D eigenvalue weighted by Crippen LogP contribution is 2.30. The lowest BCUT2D eigenvalue weighted by Crippen LogP contribution is -2.25. The fourth-order valence-electron chi connectivity index (χ4n) is 3.64. The summed E-state index contributed by atoms with van der Waals surface area (Å²) in [5.74, 6) is 0.557. The molecule has 1 aliphatic heterocycles. The topological polar surface area (TPSA) is 18.5 Å². The van der Waals surface area contributed by atoms with Crippen LogP contribution in [0.1, 0.15) is 86.8 Å². The number of rotatable bonds is 8. The Hall–Kier alpha value is -1.64. The molecule has 0 radical (unpaired) electrons. The molecule has 0 aliphatic carbocycles. The lowest BCUT2D eigenvalue weighted by Gasteiger charge is -2.30. The van der Waals surface area contributed by atoms with Crippen LogP contribution in [0.5, 0.6) is 0 Å². The third-order valence-corrected chi connectivity index (χ3v) is 5.54. The summed E-state index contributed by atoms with van der Waals surface area (Å²) in [4.78, 5) is 0. The van der Waals surface area contributed by atoms with Gasteiger partial charge in [0.25, 0.3) is 0 Å². The number of unbranched alkanes of at least 4 members (excludes halogenated alkanes) is 3. The largest absolute Gasteiger partial charge is 0.368 e. The molecule has 0 aromatic heterocycles. The van der Waals surface area contributed by atoms with Crippen LogP contribution in [0, 0.1) is 0 Å². The number of ether oxygens (including phenoxy) is 2. The molecule has 2 atom stereocenters. The van der Waals surface area contributed by atoms with Crippen LogP contribution < -0.4 is 0 Å². The molecule has 1 heterocycles. The maximum absolute atomic E-state index is 6.14. The van der Waals surface area contributed by atoms with Gasteiger partial charge in [-0.3, -0.25) is 0 Å². The quantitative estimate of drug-likeness (QED) is 0.480. The van der Waals surface area contributed by atoms with E-state index in [9.17, 15) is 0 Å². The first kappa shape index (κ1) is 20.1. The van der Waals surface area contributed by atoms with Gasteiger partial charge in [-0.15, -0.1) is 0 Å².